The first-order valence-electron chi connectivity index (χ1n) is 38.5. The minimum absolute atomic E-state index is 0. The summed E-state index contributed by atoms with van der Waals surface area (Å²) in [5, 5.41) is 50.1. The molecule has 26 heteroatoms. The molecule has 12 N–H and O–H groups in total. The Balaban J connectivity index is 0.000000217. The van der Waals surface area contributed by atoms with Gasteiger partial charge >= 0.3 is 7.12 Å². The molecule has 6 aromatic heterocycles. The Morgan fingerprint density at radius 3 is 1.35 bits per heavy atom. The van der Waals surface area contributed by atoms with E-state index in [1.165, 1.54) is 43.2 Å². The average molecular weight is 1760 g/mol. The highest BCUT2D eigenvalue weighted by Crippen LogP contribution is 2.36. The number of fused-ring (bicyclic) bond motifs is 3. The number of anilines is 4. The number of benzene rings is 6. The fourth-order valence-corrected chi connectivity index (χ4v) is 12.7. The quantitative estimate of drug-likeness (QED) is 0.00681. The number of nitrogens with one attached hydrogen (secondary N) is 3. The molecule has 0 radical (unpaired) electrons. The van der Waals surface area contributed by atoms with Crippen LogP contribution in [0.5, 0.6) is 0 Å². The first-order valence-corrected chi connectivity index (χ1v) is 41.2. The van der Waals surface area contributed by atoms with Gasteiger partial charge in [0.25, 0.3) is 0 Å². The topological polar surface area (TPSA) is 351 Å². The predicted octanol–water partition coefficient (Wildman–Crippen LogP) is 20.3. The van der Waals surface area contributed by atoms with E-state index in [0.717, 1.165) is 188 Å². The molecule has 1 aliphatic heterocycles. The molecule has 6 aromatic carbocycles. The summed E-state index contributed by atoms with van der Waals surface area (Å²) in [4.78, 5) is 23.9. The van der Waals surface area contributed by atoms with Crippen LogP contribution in [0.2, 0.25) is 0 Å². The number of aliphatic hydroxyl groups is 1. The van der Waals surface area contributed by atoms with Gasteiger partial charge in [-0.1, -0.05) is 171 Å². The standard InChI is InChI=1S/C23H24N4O.C20H21BrN2O.C16H18N4O.C9H15BN2O2.C7H6BrNO.C7H13N.C6H10BrN.ClH/c24-23-20(8-4-5-13-28-16-17-6-2-1-3-7-17)14-18-9-10-19(15-22(18)26-23)21-11-12-25-27-21;21-18-10-9-16-12-17(20(22)23-19(16)13-18)8-4-5-11-24-14-15-6-2-1-3-7-15;17-16-13(3-1-2-8-21)9-11-4-5-12(10-15(11)19-16)14-6-7-18-20-14;1-8(2)9(3,4)14-10(13-8)7-5-6-11-12-7;8-6-2-1-5(4-10)7(9)3-6;1-2-3-4-5-6-7-8;7-5-3-1-2-4-6-8;/h1-3,6-7,9-12,14-15H,4-5,8,13,16H2,(H2,24,26)(H,25,27);1-3,6-7,9-10,12-13H,4-5,8,11,14H2,(H2,22,23);4-7,9-10,21H,1-3,8H2,(H2,17,19)(H,18,20);5-6H,1-4H3,(H,11,12);1-4H,9H2;2-6H2,1H3;1-5H2;1H. The third-order valence-corrected chi connectivity index (χ3v) is 20.2. The number of hydrogen-bond acceptors (Lipinski definition) is 18. The Labute approximate surface area is 702 Å². The van der Waals surface area contributed by atoms with Crippen molar-refractivity contribution in [2.75, 3.05) is 48.1 Å². The molecule has 7 heterocycles. The number of unbranched alkanes of at least 4 members (excludes halogenated alkanes) is 10. The molecule has 1 fully saturated rings. The van der Waals surface area contributed by atoms with Crippen LogP contribution in [0.15, 0.2) is 197 Å². The van der Waals surface area contributed by atoms with Crippen LogP contribution in [0.1, 0.15) is 169 Å². The van der Waals surface area contributed by atoms with Crippen molar-refractivity contribution in [3.63, 3.8) is 0 Å². The van der Waals surface area contributed by atoms with E-state index in [2.05, 4.69) is 173 Å². The second-order valence-corrected chi connectivity index (χ2v) is 30.6. The number of aromatic amines is 3. The summed E-state index contributed by atoms with van der Waals surface area (Å²) in [6.45, 7) is 13.4. The van der Waals surface area contributed by atoms with Crippen molar-refractivity contribution >= 4 is 135 Å². The normalized spacial score (nSPS) is 12.1. The molecular formula is C88H108BBr3ClN15O6. The summed E-state index contributed by atoms with van der Waals surface area (Å²) < 4.78 is 25.0. The van der Waals surface area contributed by atoms with E-state index in [9.17, 15) is 4.79 Å². The first-order chi connectivity index (χ1) is 54.8. The fourth-order valence-electron chi connectivity index (χ4n) is 11.5. The fraction of sp³-hybridized carbons (Fsp3) is 0.352. The first kappa shape index (κ1) is 93.5. The number of alkyl halides is 1. The van der Waals surface area contributed by atoms with Gasteiger partial charge in [-0.05, 0) is 211 Å². The lowest BCUT2D eigenvalue weighted by Gasteiger charge is -2.32. The summed E-state index contributed by atoms with van der Waals surface area (Å²) in [5.74, 6) is 1.81. The van der Waals surface area contributed by atoms with E-state index in [0.29, 0.717) is 48.3 Å². The number of rotatable bonds is 30. The summed E-state index contributed by atoms with van der Waals surface area (Å²) in [5.41, 5.74) is 37.6. The number of nitrogens with two attached hydrogens (primary N) is 4. The highest BCUT2D eigenvalue weighted by atomic mass is 79.9. The Hall–Kier alpha value is -9.38. The number of H-pyrrole nitrogens is 3. The second-order valence-electron chi connectivity index (χ2n) is 28.0. The predicted molar refractivity (Wildman–Crippen MR) is 477 cm³/mol. The minimum Gasteiger partial charge on any atom is -0.398 e. The molecule has 0 amide bonds. The zero-order valence-electron chi connectivity index (χ0n) is 65.9. The molecule has 0 saturated carbocycles. The molecule has 0 bridgehead atoms. The monoisotopic (exact) mass is 1750 g/mol. The molecule has 0 spiro atoms. The van der Waals surface area contributed by atoms with E-state index < -0.39 is 0 Å². The van der Waals surface area contributed by atoms with Crippen LogP contribution in [0.25, 0.3) is 55.2 Å². The molecule has 0 unspecified atom stereocenters. The number of ether oxygens (including phenoxy) is 2. The SMILES string of the molecule is CC1(C)OB(c2ccn[nH]2)OC1(C)C.CCCCCCC#N.Cl.N#CCCCCCBr.Nc1cc(Br)ccc1C=O.Nc1nc2cc(-c3ccn[nH]3)ccc2cc1CCCCO.Nc1nc2cc(-c3ccn[nH]3)ccc2cc1CCCCOCc1ccccc1.Nc1nc2cc(Br)ccc2cc1CCCCOCc1ccccc1. The number of nitriles is 2. The van der Waals surface area contributed by atoms with Gasteiger partial charge in [-0.25, -0.2) is 15.0 Å². The highest BCUT2D eigenvalue weighted by Gasteiger charge is 2.52. The van der Waals surface area contributed by atoms with Gasteiger partial charge in [0.15, 0.2) is 6.29 Å². The molecule has 0 atom stereocenters. The van der Waals surface area contributed by atoms with Gasteiger partial charge in [0.2, 0.25) is 0 Å². The minimum atomic E-state index is -0.331. The van der Waals surface area contributed by atoms with Crippen molar-refractivity contribution in [2.24, 2.45) is 0 Å². The Bertz CT molecular complexity index is 4790. The number of nitrogens with zero attached hydrogens (tertiary/aromatic N) is 8. The summed E-state index contributed by atoms with van der Waals surface area (Å²) >= 11 is 10.0. The lowest BCUT2D eigenvalue weighted by molar-refractivity contribution is 0.00578. The highest BCUT2D eigenvalue weighted by molar-refractivity contribution is 9.10. The molecule has 1 saturated heterocycles. The number of aryl methyl sites for hydroxylation is 3. The third kappa shape index (κ3) is 32.1. The molecule has 1 aliphatic rings. The molecule has 12 aromatic rings. The van der Waals surface area contributed by atoms with Gasteiger partial charge in [-0.2, -0.15) is 25.8 Å². The smallest absolute Gasteiger partial charge is 0.398 e. The average Bonchev–Trinajstić information content (AvgIpc) is 1.61. The zero-order valence-corrected chi connectivity index (χ0v) is 71.5. The maximum atomic E-state index is 10.2. The molecule has 0 aliphatic carbocycles. The van der Waals surface area contributed by atoms with Crippen LogP contribution in [-0.4, -0.2) is 100 Å². The molecule has 21 nitrogen and oxygen atoms in total. The van der Waals surface area contributed by atoms with Crippen molar-refractivity contribution in [2.45, 2.75) is 175 Å². The van der Waals surface area contributed by atoms with Crippen LogP contribution in [0, 0.1) is 22.7 Å². The van der Waals surface area contributed by atoms with E-state index in [-0.39, 0.29) is 37.3 Å². The number of pyridine rings is 3. The van der Waals surface area contributed by atoms with E-state index in [1.54, 1.807) is 36.8 Å². The molecular weight excluding hydrogens is 1650 g/mol. The van der Waals surface area contributed by atoms with Crippen molar-refractivity contribution in [1.29, 1.82) is 10.5 Å². The molecule has 13 rings (SSSR count). The van der Waals surface area contributed by atoms with Gasteiger partial charge in [0.05, 0.1) is 70.1 Å². The van der Waals surface area contributed by atoms with Gasteiger partial charge < -0.3 is 46.8 Å². The summed E-state index contributed by atoms with van der Waals surface area (Å²) in [6.07, 6.45) is 24.1. The molecule has 114 heavy (non-hydrogen) atoms. The zero-order chi connectivity index (χ0) is 81.1. The largest absolute Gasteiger partial charge is 0.513 e. The van der Waals surface area contributed by atoms with Crippen molar-refractivity contribution < 1.29 is 28.7 Å². The number of nitrogen functional groups attached to an aromatic ring is 4. The van der Waals surface area contributed by atoms with Gasteiger partial charge in [0, 0.05) is 104 Å². The number of aliphatic hydroxyl groups excluding tert-OH is 1. The number of carbonyl (C=O) groups is 1. The van der Waals surface area contributed by atoms with Crippen LogP contribution in [-0.2, 0) is 51.3 Å². The number of carbonyl (C=O) groups excluding carboxylic acids is 1. The number of aldehydes is 1. The maximum absolute atomic E-state index is 10.2. The van der Waals surface area contributed by atoms with E-state index >= 15 is 0 Å². The van der Waals surface area contributed by atoms with Crippen LogP contribution in [0.4, 0.5) is 23.1 Å². The van der Waals surface area contributed by atoms with Crippen molar-refractivity contribution in [1.82, 2.24) is 45.5 Å². The van der Waals surface area contributed by atoms with Crippen molar-refractivity contribution in [3.05, 3.63) is 231 Å². The summed E-state index contributed by atoms with van der Waals surface area (Å²) in [6, 6.07) is 60.4. The number of halogens is 4. The van der Waals surface area contributed by atoms with Crippen LogP contribution >= 0.6 is 60.2 Å². The van der Waals surface area contributed by atoms with Gasteiger partial charge in [0.1, 0.15) is 17.5 Å². The van der Waals surface area contributed by atoms with Gasteiger partial charge in [-0.15, -0.1) is 12.4 Å². The Morgan fingerprint density at radius 1 is 0.509 bits per heavy atom. The number of hydrogen-bond donors (Lipinski definition) is 8. The lowest BCUT2D eigenvalue weighted by Crippen LogP contribution is -2.41. The van der Waals surface area contributed by atoms with Gasteiger partial charge in [-0.3, -0.25) is 20.1 Å². The number of aromatic nitrogens is 9. The molecule has 602 valence electrons. The Kier molecular flexibility index (Phi) is 42.2. The van der Waals surface area contributed by atoms with E-state index in [1.807, 2.05) is 119 Å². The van der Waals surface area contributed by atoms with E-state index in [4.69, 9.17) is 57.3 Å². The maximum Gasteiger partial charge on any atom is 0.513 e. The Morgan fingerprint density at radius 2 is 0.939 bits per heavy atom. The van der Waals surface area contributed by atoms with Crippen LogP contribution < -0.4 is 28.5 Å². The third-order valence-electron chi connectivity index (χ3n) is 18.7. The lowest BCUT2D eigenvalue weighted by atomic mass is 9.85. The second kappa shape index (κ2) is 51.5. The summed E-state index contributed by atoms with van der Waals surface area (Å²) in [7, 11) is -0.331. The van der Waals surface area contributed by atoms with Crippen molar-refractivity contribution in [3.8, 4) is 34.7 Å². The van der Waals surface area contributed by atoms with Crippen LogP contribution in [0.3, 0.4) is 0 Å².